The van der Waals surface area contributed by atoms with Crippen molar-refractivity contribution in [1.29, 1.82) is 0 Å². The Hall–Kier alpha value is -0.330. The summed E-state index contributed by atoms with van der Waals surface area (Å²) in [6.07, 6.45) is 2.72. The van der Waals surface area contributed by atoms with Gasteiger partial charge in [0.15, 0.2) is 0 Å². The highest BCUT2D eigenvalue weighted by molar-refractivity contribution is 5.75. The molecule has 0 bridgehead atoms. The largest absolute Gasteiger partial charge is 0.300 e. The second kappa shape index (κ2) is 8.67. The van der Waals surface area contributed by atoms with Crippen molar-refractivity contribution >= 4 is 5.78 Å². The van der Waals surface area contributed by atoms with E-state index in [1.54, 1.807) is 6.92 Å². The van der Waals surface area contributed by atoms with Crippen LogP contribution in [-0.2, 0) is 4.79 Å². The number of Topliss-reactive ketones (excluding diaryl/α,β-unsaturated/α-hetero) is 1. The summed E-state index contributed by atoms with van der Waals surface area (Å²) in [5, 5.41) is 0. The monoisotopic (exact) mass is 143 g/mol. The van der Waals surface area contributed by atoms with Gasteiger partial charge in [-0.3, -0.25) is 0 Å². The average Bonchev–Trinajstić information content (AvgIpc) is 1.62. The van der Waals surface area contributed by atoms with Crippen molar-refractivity contribution in [3.8, 4) is 0 Å². The van der Waals surface area contributed by atoms with Gasteiger partial charge in [-0.05, 0) is 19.3 Å². The van der Waals surface area contributed by atoms with Crippen molar-refractivity contribution in [3.63, 3.8) is 0 Å². The van der Waals surface area contributed by atoms with E-state index in [4.69, 9.17) is 0 Å². The third kappa shape index (κ3) is 25.3. The molecule has 0 aromatic heterocycles. The smallest absolute Gasteiger partial charge is 0.130 e. The third-order valence-corrected chi connectivity index (χ3v) is 0.696. The molecule has 1 radical (unpaired) electrons. The van der Waals surface area contributed by atoms with Gasteiger partial charge in [0, 0.05) is 6.42 Å². The SMILES string of the molecule is CC(=O)CC(C)C.C[CH]C. The number of rotatable bonds is 2. The average molecular weight is 143 g/mol. The molecule has 10 heavy (non-hydrogen) atoms. The van der Waals surface area contributed by atoms with Crippen LogP contribution in [0.5, 0.6) is 0 Å². The van der Waals surface area contributed by atoms with Crippen LogP contribution in [0.15, 0.2) is 0 Å². The third-order valence-electron chi connectivity index (χ3n) is 0.696. The Labute approximate surface area is 64.8 Å². The van der Waals surface area contributed by atoms with Crippen LogP contribution in [0.4, 0.5) is 0 Å². The van der Waals surface area contributed by atoms with Crippen LogP contribution in [0.1, 0.15) is 41.0 Å². The van der Waals surface area contributed by atoms with Gasteiger partial charge in [-0.15, -0.1) is 0 Å². The fourth-order valence-electron chi connectivity index (χ4n) is 0.575. The fourth-order valence-corrected chi connectivity index (χ4v) is 0.575. The number of hydrogen-bond donors (Lipinski definition) is 0. The van der Waals surface area contributed by atoms with Gasteiger partial charge >= 0.3 is 0 Å². The van der Waals surface area contributed by atoms with Crippen LogP contribution in [-0.4, -0.2) is 5.78 Å². The van der Waals surface area contributed by atoms with E-state index in [2.05, 4.69) is 0 Å². The zero-order valence-electron chi connectivity index (χ0n) is 7.77. The first-order valence-electron chi connectivity index (χ1n) is 3.78. The normalized spacial score (nSPS) is 8.60. The molecule has 0 aliphatic rings. The topological polar surface area (TPSA) is 17.1 Å². The van der Waals surface area contributed by atoms with Gasteiger partial charge in [-0.2, -0.15) is 0 Å². The Morgan fingerprint density at radius 1 is 1.40 bits per heavy atom. The van der Waals surface area contributed by atoms with E-state index in [0.29, 0.717) is 5.92 Å². The van der Waals surface area contributed by atoms with E-state index in [1.165, 1.54) is 0 Å². The molecule has 0 saturated heterocycles. The van der Waals surface area contributed by atoms with Gasteiger partial charge in [0.2, 0.25) is 0 Å². The van der Waals surface area contributed by atoms with Gasteiger partial charge < -0.3 is 4.79 Å². The lowest BCUT2D eigenvalue weighted by molar-refractivity contribution is -0.117. The quantitative estimate of drug-likeness (QED) is 0.581. The molecule has 61 valence electrons. The molecule has 0 aromatic rings. The van der Waals surface area contributed by atoms with Crippen LogP contribution in [0.25, 0.3) is 0 Å². The van der Waals surface area contributed by atoms with Gasteiger partial charge in [-0.1, -0.05) is 27.7 Å². The lowest BCUT2D eigenvalue weighted by Gasteiger charge is -1.95. The summed E-state index contributed by atoms with van der Waals surface area (Å²) in [7, 11) is 0. The van der Waals surface area contributed by atoms with Crippen molar-refractivity contribution in [2.75, 3.05) is 0 Å². The molecular weight excluding hydrogens is 124 g/mol. The summed E-state index contributed by atoms with van der Waals surface area (Å²) >= 11 is 0. The first kappa shape index (κ1) is 12.4. The number of ketones is 1. The van der Waals surface area contributed by atoms with Crippen LogP contribution in [0.3, 0.4) is 0 Å². The molecule has 0 amide bonds. The molecule has 1 heteroatoms. The maximum atomic E-state index is 10.3. The second-order valence-corrected chi connectivity index (χ2v) is 2.88. The lowest BCUT2D eigenvalue weighted by Crippen LogP contribution is -1.95. The Bertz CT molecular complexity index is 74.8. The molecule has 0 aromatic carbocycles. The predicted molar refractivity (Wildman–Crippen MR) is 45.8 cm³/mol. The molecule has 1 nitrogen and oxygen atoms in total. The Morgan fingerprint density at radius 3 is 1.70 bits per heavy atom. The second-order valence-electron chi connectivity index (χ2n) is 2.88. The molecule has 0 atom stereocenters. The predicted octanol–water partition coefficient (Wildman–Crippen LogP) is 2.85. The van der Waals surface area contributed by atoms with Crippen molar-refractivity contribution in [2.45, 2.75) is 41.0 Å². The van der Waals surface area contributed by atoms with E-state index < -0.39 is 0 Å². The zero-order chi connectivity index (χ0) is 8.57. The molecule has 0 N–H and O–H groups in total. The van der Waals surface area contributed by atoms with E-state index in [-0.39, 0.29) is 5.78 Å². The highest BCUT2D eigenvalue weighted by Crippen LogP contribution is 1.97. The minimum absolute atomic E-state index is 0.287. The van der Waals surface area contributed by atoms with Crippen LogP contribution in [0.2, 0.25) is 0 Å². The Morgan fingerprint density at radius 2 is 1.70 bits per heavy atom. The van der Waals surface area contributed by atoms with Crippen molar-refractivity contribution in [3.05, 3.63) is 6.42 Å². The van der Waals surface area contributed by atoms with Crippen molar-refractivity contribution < 1.29 is 4.79 Å². The number of carbonyl (C=O) groups is 1. The maximum Gasteiger partial charge on any atom is 0.130 e. The van der Waals surface area contributed by atoms with Crippen LogP contribution < -0.4 is 0 Å². The molecule has 0 aliphatic heterocycles. The molecule has 0 unspecified atom stereocenters. The van der Waals surface area contributed by atoms with Crippen LogP contribution >= 0.6 is 0 Å². The van der Waals surface area contributed by atoms with Gasteiger partial charge in [0.05, 0.1) is 0 Å². The first-order valence-corrected chi connectivity index (χ1v) is 3.78. The van der Waals surface area contributed by atoms with E-state index in [1.807, 2.05) is 34.1 Å². The van der Waals surface area contributed by atoms with Gasteiger partial charge in [0.25, 0.3) is 0 Å². The molecule has 0 spiro atoms. The minimum Gasteiger partial charge on any atom is -0.300 e. The van der Waals surface area contributed by atoms with E-state index in [9.17, 15) is 4.79 Å². The number of carbonyl (C=O) groups excluding carboxylic acids is 1. The van der Waals surface area contributed by atoms with E-state index in [0.717, 1.165) is 6.42 Å². The standard InChI is InChI=1S/C6H12O.C3H7/c1-5(2)4-6(3)7;1-3-2/h5H,4H2,1-3H3;3H,1-2H3. The maximum absolute atomic E-state index is 10.3. The lowest BCUT2D eigenvalue weighted by atomic mass is 10.1. The summed E-state index contributed by atoms with van der Waals surface area (Å²) in [6.45, 7) is 9.71. The summed E-state index contributed by atoms with van der Waals surface area (Å²) in [6, 6.07) is 0. The summed E-state index contributed by atoms with van der Waals surface area (Å²) in [4.78, 5) is 10.3. The number of hydrogen-bond acceptors (Lipinski definition) is 1. The molecule has 0 aliphatic carbocycles. The fraction of sp³-hybridized carbons (Fsp3) is 0.778. The Kier molecular flexibility index (Phi) is 10.7. The summed E-state index contributed by atoms with van der Waals surface area (Å²) in [5.74, 6) is 0.813. The van der Waals surface area contributed by atoms with Crippen molar-refractivity contribution in [2.24, 2.45) is 5.92 Å². The molecule has 0 saturated carbocycles. The highest BCUT2D eigenvalue weighted by Gasteiger charge is 1.95. The van der Waals surface area contributed by atoms with Crippen molar-refractivity contribution in [1.82, 2.24) is 0 Å². The first-order chi connectivity index (χ1) is 4.54. The molecule has 0 rings (SSSR count). The summed E-state index contributed by atoms with van der Waals surface area (Å²) in [5.41, 5.74) is 0. The molecule has 0 fully saturated rings. The van der Waals surface area contributed by atoms with Gasteiger partial charge in [-0.25, -0.2) is 0 Å². The summed E-state index contributed by atoms with van der Waals surface area (Å²) < 4.78 is 0. The van der Waals surface area contributed by atoms with Crippen LogP contribution in [0, 0.1) is 12.3 Å². The minimum atomic E-state index is 0.287. The Balaban J connectivity index is 0. The molecule has 0 heterocycles. The molecular formula is C9H19O. The van der Waals surface area contributed by atoms with E-state index >= 15 is 0 Å². The highest BCUT2D eigenvalue weighted by atomic mass is 16.1. The van der Waals surface area contributed by atoms with Gasteiger partial charge in [0.1, 0.15) is 5.78 Å². The zero-order valence-corrected chi connectivity index (χ0v) is 7.77.